The van der Waals surface area contributed by atoms with E-state index in [9.17, 15) is 4.79 Å². The average Bonchev–Trinajstić information content (AvgIpc) is 3.31. The highest BCUT2D eigenvalue weighted by atomic mass is 32.1. The van der Waals surface area contributed by atoms with E-state index in [1.54, 1.807) is 22.4 Å². The van der Waals surface area contributed by atoms with Gasteiger partial charge in [-0.3, -0.25) is 4.79 Å². The molecular weight excluding hydrogens is 334 g/mol. The summed E-state index contributed by atoms with van der Waals surface area (Å²) >= 11 is 1.71. The SMILES string of the molecule is CN1C(=O)CCN(C2CCCC2)c2nc(NCc3cccs3)ncc21. The van der Waals surface area contributed by atoms with Crippen LogP contribution in [0.5, 0.6) is 0 Å². The van der Waals surface area contributed by atoms with Crippen LogP contribution >= 0.6 is 11.3 Å². The molecule has 1 saturated carbocycles. The molecule has 0 unspecified atom stereocenters. The van der Waals surface area contributed by atoms with Crippen LogP contribution < -0.4 is 15.1 Å². The van der Waals surface area contributed by atoms with Gasteiger partial charge in [-0.15, -0.1) is 11.3 Å². The Morgan fingerprint density at radius 2 is 2.20 bits per heavy atom. The summed E-state index contributed by atoms with van der Waals surface area (Å²) in [5.74, 6) is 1.64. The van der Waals surface area contributed by atoms with E-state index >= 15 is 0 Å². The Balaban J connectivity index is 1.63. The van der Waals surface area contributed by atoms with Crippen LogP contribution in [0.15, 0.2) is 23.7 Å². The zero-order chi connectivity index (χ0) is 17.2. The third kappa shape index (κ3) is 3.33. The molecule has 4 rings (SSSR count). The van der Waals surface area contributed by atoms with Crippen molar-refractivity contribution >= 4 is 34.7 Å². The molecule has 1 fully saturated rings. The van der Waals surface area contributed by atoms with Crippen molar-refractivity contribution in [2.45, 2.75) is 44.7 Å². The van der Waals surface area contributed by atoms with Crippen LogP contribution in [0.25, 0.3) is 0 Å². The fourth-order valence-electron chi connectivity index (χ4n) is 3.67. The van der Waals surface area contributed by atoms with Crippen molar-refractivity contribution in [3.8, 4) is 0 Å². The van der Waals surface area contributed by atoms with Gasteiger partial charge < -0.3 is 15.1 Å². The van der Waals surface area contributed by atoms with Crippen molar-refractivity contribution in [1.82, 2.24) is 9.97 Å². The van der Waals surface area contributed by atoms with Gasteiger partial charge in [0.2, 0.25) is 11.9 Å². The molecule has 0 radical (unpaired) electrons. The number of nitrogens with zero attached hydrogens (tertiary/aromatic N) is 4. The Kier molecular flexibility index (Phi) is 4.57. The van der Waals surface area contributed by atoms with Crippen molar-refractivity contribution in [3.05, 3.63) is 28.6 Å². The molecule has 1 aliphatic heterocycles. The number of anilines is 3. The summed E-state index contributed by atoms with van der Waals surface area (Å²) in [5, 5.41) is 5.38. The van der Waals surface area contributed by atoms with E-state index in [0.29, 0.717) is 25.0 Å². The molecule has 1 amide bonds. The maximum absolute atomic E-state index is 12.3. The normalized spacial score (nSPS) is 18.4. The molecule has 0 spiro atoms. The minimum atomic E-state index is 0.129. The summed E-state index contributed by atoms with van der Waals surface area (Å²) in [6, 6.07) is 4.62. The van der Waals surface area contributed by atoms with Crippen molar-refractivity contribution < 1.29 is 4.79 Å². The fraction of sp³-hybridized carbons (Fsp3) is 0.500. The topological polar surface area (TPSA) is 61.4 Å². The molecule has 132 valence electrons. The maximum atomic E-state index is 12.3. The van der Waals surface area contributed by atoms with Gasteiger partial charge in [0, 0.05) is 30.9 Å². The van der Waals surface area contributed by atoms with E-state index in [0.717, 1.165) is 18.1 Å². The summed E-state index contributed by atoms with van der Waals surface area (Å²) < 4.78 is 0. The van der Waals surface area contributed by atoms with Crippen LogP contribution in [0.4, 0.5) is 17.5 Å². The second-order valence-electron chi connectivity index (χ2n) is 6.67. The molecule has 25 heavy (non-hydrogen) atoms. The molecular formula is C18H23N5OS. The van der Waals surface area contributed by atoms with Crippen molar-refractivity contribution in [2.75, 3.05) is 28.7 Å². The standard InChI is InChI=1S/C18H23N5OS/c1-22-15-12-20-18(19-11-14-7-4-10-25-14)21-17(15)23(9-8-16(22)24)13-5-2-3-6-13/h4,7,10,12-13H,2-3,5-6,8-9,11H2,1H3,(H,19,20,21). The predicted octanol–water partition coefficient (Wildman–Crippen LogP) is 3.27. The zero-order valence-corrected chi connectivity index (χ0v) is 15.3. The monoisotopic (exact) mass is 357 g/mol. The summed E-state index contributed by atoms with van der Waals surface area (Å²) in [7, 11) is 1.82. The van der Waals surface area contributed by atoms with Gasteiger partial charge in [-0.25, -0.2) is 4.98 Å². The van der Waals surface area contributed by atoms with E-state index in [4.69, 9.17) is 4.98 Å². The molecule has 2 aromatic rings. The third-order valence-corrected chi connectivity index (χ3v) is 5.97. The second-order valence-corrected chi connectivity index (χ2v) is 7.70. The Morgan fingerprint density at radius 1 is 1.36 bits per heavy atom. The Morgan fingerprint density at radius 3 is 2.96 bits per heavy atom. The highest BCUT2D eigenvalue weighted by molar-refractivity contribution is 7.09. The van der Waals surface area contributed by atoms with Gasteiger partial charge in [0.05, 0.1) is 12.7 Å². The molecule has 2 aliphatic rings. The van der Waals surface area contributed by atoms with Crippen LogP contribution in [-0.4, -0.2) is 35.5 Å². The maximum Gasteiger partial charge on any atom is 0.228 e. The predicted molar refractivity (Wildman–Crippen MR) is 101 cm³/mol. The number of amides is 1. The van der Waals surface area contributed by atoms with Gasteiger partial charge in [-0.2, -0.15) is 4.98 Å². The number of thiophene rings is 1. The van der Waals surface area contributed by atoms with E-state index in [2.05, 4.69) is 26.6 Å². The summed E-state index contributed by atoms with van der Waals surface area (Å²) in [5.41, 5.74) is 0.816. The first kappa shape index (κ1) is 16.3. The number of carbonyl (C=O) groups excluding carboxylic acids is 1. The Labute approximate surface area is 151 Å². The second kappa shape index (κ2) is 7.00. The summed E-state index contributed by atoms with van der Waals surface area (Å²) in [4.78, 5) is 26.9. The minimum Gasteiger partial charge on any atom is -0.351 e. The number of hydrogen-bond acceptors (Lipinski definition) is 6. The van der Waals surface area contributed by atoms with Gasteiger partial charge in [0.15, 0.2) is 5.82 Å². The van der Waals surface area contributed by atoms with Gasteiger partial charge in [0.1, 0.15) is 5.69 Å². The highest BCUT2D eigenvalue weighted by Gasteiger charge is 2.31. The summed E-state index contributed by atoms with van der Waals surface area (Å²) in [6.07, 6.45) is 7.19. The number of carbonyl (C=O) groups is 1. The van der Waals surface area contributed by atoms with Gasteiger partial charge >= 0.3 is 0 Å². The van der Waals surface area contributed by atoms with Crippen LogP contribution in [-0.2, 0) is 11.3 Å². The number of hydrogen-bond donors (Lipinski definition) is 1. The lowest BCUT2D eigenvalue weighted by Gasteiger charge is -2.30. The molecule has 2 aromatic heterocycles. The van der Waals surface area contributed by atoms with Crippen LogP contribution in [0.2, 0.25) is 0 Å². The molecule has 0 saturated heterocycles. The number of fused-ring (bicyclic) bond motifs is 1. The largest absolute Gasteiger partial charge is 0.351 e. The summed E-state index contributed by atoms with van der Waals surface area (Å²) in [6.45, 7) is 1.46. The third-order valence-electron chi connectivity index (χ3n) is 5.09. The van der Waals surface area contributed by atoms with Gasteiger partial charge in [-0.1, -0.05) is 18.9 Å². The molecule has 6 nitrogen and oxygen atoms in total. The first-order chi connectivity index (χ1) is 12.2. The molecule has 0 aromatic carbocycles. The molecule has 0 bridgehead atoms. The molecule has 0 atom stereocenters. The van der Waals surface area contributed by atoms with Crippen LogP contribution in [0.1, 0.15) is 37.0 Å². The van der Waals surface area contributed by atoms with Crippen molar-refractivity contribution in [3.63, 3.8) is 0 Å². The zero-order valence-electron chi connectivity index (χ0n) is 14.4. The van der Waals surface area contributed by atoms with E-state index in [-0.39, 0.29) is 5.91 Å². The Hall–Kier alpha value is -2.15. The van der Waals surface area contributed by atoms with Gasteiger partial charge in [0.25, 0.3) is 0 Å². The quantitative estimate of drug-likeness (QED) is 0.910. The van der Waals surface area contributed by atoms with Crippen molar-refractivity contribution in [2.24, 2.45) is 0 Å². The lowest BCUT2D eigenvalue weighted by atomic mass is 10.2. The molecule has 1 aliphatic carbocycles. The smallest absolute Gasteiger partial charge is 0.228 e. The van der Waals surface area contributed by atoms with E-state index in [1.165, 1.54) is 30.6 Å². The lowest BCUT2D eigenvalue weighted by Crippen LogP contribution is -2.34. The van der Waals surface area contributed by atoms with E-state index in [1.807, 2.05) is 13.1 Å². The van der Waals surface area contributed by atoms with Crippen LogP contribution in [0.3, 0.4) is 0 Å². The molecule has 3 heterocycles. The van der Waals surface area contributed by atoms with Gasteiger partial charge in [-0.05, 0) is 24.3 Å². The molecule has 1 N–H and O–H groups in total. The van der Waals surface area contributed by atoms with E-state index < -0.39 is 0 Å². The number of nitrogens with one attached hydrogen (secondary N) is 1. The lowest BCUT2D eigenvalue weighted by molar-refractivity contribution is -0.118. The molecule has 7 heteroatoms. The Bertz CT molecular complexity index is 742. The average molecular weight is 357 g/mol. The minimum absolute atomic E-state index is 0.129. The first-order valence-electron chi connectivity index (χ1n) is 8.89. The highest BCUT2D eigenvalue weighted by Crippen LogP contribution is 2.35. The fourth-order valence-corrected chi connectivity index (χ4v) is 4.32. The first-order valence-corrected chi connectivity index (χ1v) is 9.77. The number of aromatic nitrogens is 2. The number of rotatable bonds is 4. The van der Waals surface area contributed by atoms with Crippen LogP contribution in [0, 0.1) is 0 Å². The van der Waals surface area contributed by atoms with Crippen molar-refractivity contribution in [1.29, 1.82) is 0 Å².